The predicted molar refractivity (Wildman–Crippen MR) is 109 cm³/mol. The highest BCUT2D eigenvalue weighted by Gasteiger charge is 2.15. The molecule has 0 unspecified atom stereocenters. The molecule has 1 saturated heterocycles. The first-order valence-electron chi connectivity index (χ1n) is 8.48. The summed E-state index contributed by atoms with van der Waals surface area (Å²) in [6.45, 7) is 6.46. The molecule has 0 bridgehead atoms. The monoisotopic (exact) mass is 464 g/mol. The van der Waals surface area contributed by atoms with Gasteiger partial charge in [0.15, 0.2) is 5.96 Å². The zero-order chi connectivity index (χ0) is 17.4. The molecule has 0 atom stereocenters. The van der Waals surface area contributed by atoms with E-state index in [1.54, 1.807) is 20.0 Å². The molecule has 25 heavy (non-hydrogen) atoms. The number of ether oxygens (including phenoxy) is 1. The quantitative estimate of drug-likeness (QED) is 0.291. The number of nitrogens with zero attached hydrogens (tertiary/aromatic N) is 2. The molecule has 2 heterocycles. The van der Waals surface area contributed by atoms with Gasteiger partial charge in [-0.05, 0) is 38.9 Å². The van der Waals surface area contributed by atoms with E-state index in [9.17, 15) is 4.79 Å². The summed E-state index contributed by atoms with van der Waals surface area (Å²) in [6.07, 6.45) is 3.95. The van der Waals surface area contributed by atoms with Gasteiger partial charge < -0.3 is 24.7 Å². The van der Waals surface area contributed by atoms with Gasteiger partial charge in [-0.25, -0.2) is 4.79 Å². The smallest absolute Gasteiger partial charge is 0.341 e. The highest BCUT2D eigenvalue weighted by atomic mass is 127. The Labute approximate surface area is 166 Å². The van der Waals surface area contributed by atoms with Crippen LogP contribution in [0.5, 0.6) is 0 Å². The van der Waals surface area contributed by atoms with Crippen LogP contribution in [0.1, 0.15) is 41.1 Å². The second-order valence-corrected chi connectivity index (χ2v) is 5.93. The summed E-state index contributed by atoms with van der Waals surface area (Å²) in [7, 11) is 3.10. The number of hydrogen-bond acceptors (Lipinski definition) is 5. The number of methoxy groups -OCH3 is 1. The van der Waals surface area contributed by atoms with Crippen LogP contribution in [0, 0.1) is 6.92 Å². The molecule has 0 aliphatic carbocycles. The van der Waals surface area contributed by atoms with Crippen LogP contribution in [0.2, 0.25) is 0 Å². The number of hydrogen-bond donors (Lipinski definition) is 2. The number of rotatable bonds is 6. The molecule has 0 radical (unpaired) electrons. The highest BCUT2D eigenvalue weighted by molar-refractivity contribution is 14.0. The van der Waals surface area contributed by atoms with Crippen LogP contribution in [0.25, 0.3) is 0 Å². The molecule has 0 saturated carbocycles. The molecule has 0 amide bonds. The molecule has 1 fully saturated rings. The van der Waals surface area contributed by atoms with Crippen molar-refractivity contribution in [2.45, 2.75) is 32.7 Å². The average Bonchev–Trinajstić information content (AvgIpc) is 2.99. The van der Waals surface area contributed by atoms with Gasteiger partial charge in [0, 0.05) is 20.1 Å². The maximum absolute atomic E-state index is 11.6. The Hall–Kier alpha value is -1.29. The number of nitrogens with one attached hydrogen (secondary N) is 2. The minimum atomic E-state index is -0.383. The van der Waals surface area contributed by atoms with E-state index in [0.29, 0.717) is 23.6 Å². The lowest BCUT2D eigenvalue weighted by Gasteiger charge is -2.26. The van der Waals surface area contributed by atoms with Crippen molar-refractivity contribution >= 4 is 35.9 Å². The average molecular weight is 464 g/mol. The van der Waals surface area contributed by atoms with Crippen molar-refractivity contribution in [3.8, 4) is 0 Å². The van der Waals surface area contributed by atoms with Crippen LogP contribution >= 0.6 is 24.0 Å². The lowest BCUT2D eigenvalue weighted by Crippen LogP contribution is -2.42. The maximum Gasteiger partial charge on any atom is 0.341 e. The third-order valence-corrected chi connectivity index (χ3v) is 4.20. The summed E-state index contributed by atoms with van der Waals surface area (Å²) in [6, 6.07) is 1.70. The first kappa shape index (κ1) is 21.8. The number of furan rings is 1. The molecule has 1 aromatic heterocycles. The summed E-state index contributed by atoms with van der Waals surface area (Å²) < 4.78 is 10.3. The first-order chi connectivity index (χ1) is 11.6. The Morgan fingerprint density at radius 1 is 1.32 bits per heavy atom. The van der Waals surface area contributed by atoms with E-state index in [1.807, 2.05) is 0 Å². The fraction of sp³-hybridized carbons (Fsp3) is 0.647. The molecule has 1 aliphatic heterocycles. The number of likely N-dealkylation sites (tertiary alicyclic amines) is 1. The van der Waals surface area contributed by atoms with Gasteiger partial charge in [-0.15, -0.1) is 24.0 Å². The second-order valence-electron chi connectivity index (χ2n) is 5.93. The van der Waals surface area contributed by atoms with E-state index in [0.717, 1.165) is 19.0 Å². The van der Waals surface area contributed by atoms with Crippen LogP contribution in [0.3, 0.4) is 0 Å². The molecule has 0 spiro atoms. The predicted octanol–water partition coefficient (Wildman–Crippen LogP) is 2.14. The number of carbonyl (C=O) groups is 1. The Morgan fingerprint density at radius 3 is 2.68 bits per heavy atom. The van der Waals surface area contributed by atoms with Gasteiger partial charge >= 0.3 is 5.97 Å². The summed E-state index contributed by atoms with van der Waals surface area (Å²) in [5.74, 6) is 1.57. The molecule has 0 aromatic carbocycles. The molecular formula is C17H29IN4O3. The maximum atomic E-state index is 11.6. The van der Waals surface area contributed by atoms with Crippen LogP contribution < -0.4 is 10.6 Å². The molecule has 2 N–H and O–H groups in total. The van der Waals surface area contributed by atoms with Crippen LogP contribution in [0.4, 0.5) is 0 Å². The SMILES string of the molecule is CN=C(NCCN1CCCCC1)NCc1cc(C(=O)OC)c(C)o1.I. The van der Waals surface area contributed by atoms with E-state index >= 15 is 0 Å². The van der Waals surface area contributed by atoms with Crippen molar-refractivity contribution < 1.29 is 13.9 Å². The van der Waals surface area contributed by atoms with Crippen molar-refractivity contribution in [1.29, 1.82) is 0 Å². The minimum Gasteiger partial charge on any atom is -0.465 e. The largest absolute Gasteiger partial charge is 0.465 e. The molecule has 7 nitrogen and oxygen atoms in total. The van der Waals surface area contributed by atoms with Gasteiger partial charge in [0.2, 0.25) is 0 Å². The van der Waals surface area contributed by atoms with E-state index in [4.69, 9.17) is 9.15 Å². The fourth-order valence-corrected chi connectivity index (χ4v) is 2.85. The van der Waals surface area contributed by atoms with Gasteiger partial charge in [-0.2, -0.15) is 0 Å². The summed E-state index contributed by atoms with van der Waals surface area (Å²) >= 11 is 0. The first-order valence-corrected chi connectivity index (χ1v) is 8.48. The van der Waals surface area contributed by atoms with E-state index in [-0.39, 0.29) is 29.9 Å². The van der Waals surface area contributed by atoms with Gasteiger partial charge in [0.05, 0.1) is 13.7 Å². The molecule has 2 rings (SSSR count). The van der Waals surface area contributed by atoms with Crippen LogP contribution in [-0.4, -0.2) is 57.2 Å². The third-order valence-electron chi connectivity index (χ3n) is 4.20. The van der Waals surface area contributed by atoms with Crippen molar-refractivity contribution in [3.63, 3.8) is 0 Å². The molecular weight excluding hydrogens is 435 g/mol. The Kier molecular flexibility index (Phi) is 9.88. The number of guanidine groups is 1. The van der Waals surface area contributed by atoms with Crippen molar-refractivity contribution in [2.75, 3.05) is 40.3 Å². The zero-order valence-corrected chi connectivity index (χ0v) is 17.6. The summed E-state index contributed by atoms with van der Waals surface area (Å²) in [5, 5.41) is 6.50. The van der Waals surface area contributed by atoms with Gasteiger partial charge in [-0.3, -0.25) is 4.99 Å². The van der Waals surface area contributed by atoms with E-state index < -0.39 is 0 Å². The van der Waals surface area contributed by atoms with E-state index in [2.05, 4.69) is 20.5 Å². The van der Waals surface area contributed by atoms with Gasteiger partial charge in [0.1, 0.15) is 17.1 Å². The summed E-state index contributed by atoms with van der Waals surface area (Å²) in [5.41, 5.74) is 0.461. The highest BCUT2D eigenvalue weighted by Crippen LogP contribution is 2.15. The zero-order valence-electron chi connectivity index (χ0n) is 15.3. The topological polar surface area (TPSA) is 79.1 Å². The van der Waals surface area contributed by atoms with Crippen molar-refractivity contribution in [1.82, 2.24) is 15.5 Å². The Balaban J connectivity index is 0.00000312. The van der Waals surface area contributed by atoms with Crippen molar-refractivity contribution in [2.24, 2.45) is 4.99 Å². The Morgan fingerprint density at radius 2 is 2.04 bits per heavy atom. The number of carbonyl (C=O) groups excluding carboxylic acids is 1. The van der Waals surface area contributed by atoms with Gasteiger partial charge in [-0.1, -0.05) is 6.42 Å². The molecule has 142 valence electrons. The Bertz CT molecular complexity index is 568. The molecule has 1 aromatic rings. The number of piperidine rings is 1. The summed E-state index contributed by atoms with van der Waals surface area (Å²) in [4.78, 5) is 18.3. The second kappa shape index (κ2) is 11.3. The number of aliphatic imine (C=N–C) groups is 1. The van der Waals surface area contributed by atoms with Crippen LogP contribution in [0.15, 0.2) is 15.5 Å². The lowest BCUT2D eigenvalue weighted by atomic mass is 10.1. The number of esters is 1. The molecule has 1 aliphatic rings. The van der Waals surface area contributed by atoms with Crippen LogP contribution in [-0.2, 0) is 11.3 Å². The lowest BCUT2D eigenvalue weighted by molar-refractivity contribution is 0.0599. The standard InChI is InChI=1S/C17H28N4O3.HI/c1-13-15(16(22)23-3)11-14(24-13)12-20-17(18-2)19-7-10-21-8-5-4-6-9-21;/h11H,4-10,12H2,1-3H3,(H2,18,19,20);1H. The fourth-order valence-electron chi connectivity index (χ4n) is 2.85. The number of halogens is 1. The third kappa shape index (κ3) is 6.85. The van der Waals surface area contributed by atoms with E-state index in [1.165, 1.54) is 39.5 Å². The minimum absolute atomic E-state index is 0. The van der Waals surface area contributed by atoms with Crippen molar-refractivity contribution in [3.05, 3.63) is 23.2 Å². The van der Waals surface area contributed by atoms with Gasteiger partial charge in [0.25, 0.3) is 0 Å². The number of aryl methyl sites for hydroxylation is 1. The normalized spacial score (nSPS) is 15.4. The molecule has 8 heteroatoms.